The van der Waals surface area contributed by atoms with Gasteiger partial charge in [0, 0.05) is 23.6 Å². The van der Waals surface area contributed by atoms with Crippen LogP contribution in [0.1, 0.15) is 29.8 Å². The van der Waals surface area contributed by atoms with Gasteiger partial charge >= 0.3 is 0 Å². The minimum absolute atomic E-state index is 0.0778. The van der Waals surface area contributed by atoms with Crippen molar-refractivity contribution in [2.75, 3.05) is 13.6 Å². The maximum absolute atomic E-state index is 12.2. The molecule has 3 nitrogen and oxygen atoms in total. The van der Waals surface area contributed by atoms with Gasteiger partial charge in [-0.3, -0.25) is 4.79 Å². The molecule has 17 heavy (non-hydrogen) atoms. The van der Waals surface area contributed by atoms with Gasteiger partial charge in [-0.1, -0.05) is 22.0 Å². The fourth-order valence-electron chi connectivity index (χ4n) is 1.68. The van der Waals surface area contributed by atoms with E-state index in [9.17, 15) is 9.90 Å². The van der Waals surface area contributed by atoms with E-state index in [4.69, 9.17) is 0 Å². The Hall–Kier alpha value is -0.870. The molecular formula is C13H18BrNO2. The van der Waals surface area contributed by atoms with Crippen LogP contribution in [0.5, 0.6) is 0 Å². The fourth-order valence-corrected chi connectivity index (χ4v) is 2.04. The molecule has 0 atom stereocenters. The second-order valence-electron chi connectivity index (χ2n) is 4.93. The summed E-state index contributed by atoms with van der Waals surface area (Å²) < 4.78 is 0.878. The van der Waals surface area contributed by atoms with Crippen LogP contribution in [0.4, 0.5) is 0 Å². The van der Waals surface area contributed by atoms with Crippen LogP contribution in [0.25, 0.3) is 0 Å². The molecule has 94 valence electrons. The topological polar surface area (TPSA) is 40.5 Å². The Bertz CT molecular complexity index is 424. The summed E-state index contributed by atoms with van der Waals surface area (Å²) in [5.74, 6) is -0.0778. The minimum Gasteiger partial charge on any atom is -0.389 e. The molecule has 0 fully saturated rings. The number of aryl methyl sites for hydroxylation is 1. The van der Waals surface area contributed by atoms with Crippen molar-refractivity contribution in [2.24, 2.45) is 0 Å². The molecule has 4 heteroatoms. The van der Waals surface area contributed by atoms with Crippen molar-refractivity contribution in [1.29, 1.82) is 0 Å². The van der Waals surface area contributed by atoms with Crippen LogP contribution in [-0.4, -0.2) is 35.1 Å². The summed E-state index contributed by atoms with van der Waals surface area (Å²) >= 11 is 3.36. The number of rotatable bonds is 3. The van der Waals surface area contributed by atoms with Crippen molar-refractivity contribution >= 4 is 21.8 Å². The number of carbonyl (C=O) groups excluding carboxylic acids is 1. The summed E-state index contributed by atoms with van der Waals surface area (Å²) in [6, 6.07) is 5.61. The predicted molar refractivity (Wildman–Crippen MR) is 72.1 cm³/mol. The van der Waals surface area contributed by atoms with E-state index < -0.39 is 5.60 Å². The summed E-state index contributed by atoms with van der Waals surface area (Å²) in [4.78, 5) is 13.7. The second kappa shape index (κ2) is 5.19. The summed E-state index contributed by atoms with van der Waals surface area (Å²) in [7, 11) is 1.70. The molecule has 0 unspecified atom stereocenters. The maximum Gasteiger partial charge on any atom is 0.254 e. The molecule has 0 saturated carbocycles. The van der Waals surface area contributed by atoms with Gasteiger partial charge in [0.05, 0.1) is 5.60 Å². The zero-order valence-corrected chi connectivity index (χ0v) is 12.2. The van der Waals surface area contributed by atoms with Gasteiger partial charge in [-0.25, -0.2) is 0 Å². The fraction of sp³-hybridized carbons (Fsp3) is 0.462. The van der Waals surface area contributed by atoms with E-state index in [1.807, 2.05) is 19.1 Å². The smallest absolute Gasteiger partial charge is 0.254 e. The third kappa shape index (κ3) is 4.13. The predicted octanol–water partition coefficient (Wildman–Crippen LogP) is 2.60. The molecular weight excluding hydrogens is 282 g/mol. The quantitative estimate of drug-likeness (QED) is 0.932. The Morgan fingerprint density at radius 1 is 1.47 bits per heavy atom. The van der Waals surface area contributed by atoms with Crippen LogP contribution in [0, 0.1) is 6.92 Å². The Labute approximate surface area is 111 Å². The lowest BCUT2D eigenvalue weighted by Gasteiger charge is -2.26. The van der Waals surface area contributed by atoms with Crippen molar-refractivity contribution in [3.63, 3.8) is 0 Å². The van der Waals surface area contributed by atoms with Gasteiger partial charge in [-0.05, 0) is 38.5 Å². The molecule has 0 aliphatic heterocycles. The molecule has 0 bridgehead atoms. The molecule has 1 aromatic carbocycles. The Morgan fingerprint density at radius 3 is 2.59 bits per heavy atom. The van der Waals surface area contributed by atoms with Gasteiger partial charge in [0.1, 0.15) is 0 Å². The Balaban J connectivity index is 2.93. The molecule has 0 aromatic heterocycles. The molecule has 0 aliphatic rings. The molecule has 1 amide bonds. The monoisotopic (exact) mass is 299 g/mol. The van der Waals surface area contributed by atoms with Gasteiger partial charge < -0.3 is 10.0 Å². The third-order valence-electron chi connectivity index (χ3n) is 2.40. The summed E-state index contributed by atoms with van der Waals surface area (Å²) in [5.41, 5.74) is 0.705. The third-order valence-corrected chi connectivity index (χ3v) is 2.89. The van der Waals surface area contributed by atoms with E-state index in [1.54, 1.807) is 27.0 Å². The normalized spacial score (nSPS) is 11.4. The molecule has 0 aliphatic carbocycles. The van der Waals surface area contributed by atoms with Gasteiger partial charge in [0.2, 0.25) is 0 Å². The highest BCUT2D eigenvalue weighted by molar-refractivity contribution is 9.10. The van der Waals surface area contributed by atoms with Crippen molar-refractivity contribution < 1.29 is 9.90 Å². The van der Waals surface area contributed by atoms with E-state index in [2.05, 4.69) is 15.9 Å². The van der Waals surface area contributed by atoms with Crippen molar-refractivity contribution in [1.82, 2.24) is 4.90 Å². The summed E-state index contributed by atoms with van der Waals surface area (Å²) in [6.45, 7) is 5.57. The molecule has 1 rings (SSSR count). The van der Waals surface area contributed by atoms with E-state index in [0.717, 1.165) is 10.0 Å². The number of carbonyl (C=O) groups is 1. The number of hydrogen-bond donors (Lipinski definition) is 1. The lowest BCUT2D eigenvalue weighted by Crippen LogP contribution is -2.39. The highest BCUT2D eigenvalue weighted by Gasteiger charge is 2.21. The van der Waals surface area contributed by atoms with Gasteiger partial charge in [-0.15, -0.1) is 0 Å². The van der Waals surface area contributed by atoms with Gasteiger partial charge in [-0.2, -0.15) is 0 Å². The van der Waals surface area contributed by atoms with E-state index in [0.29, 0.717) is 12.1 Å². The largest absolute Gasteiger partial charge is 0.389 e. The van der Waals surface area contributed by atoms with Crippen LogP contribution in [0.15, 0.2) is 22.7 Å². The number of halogens is 1. The first-order valence-corrected chi connectivity index (χ1v) is 6.24. The maximum atomic E-state index is 12.2. The number of aliphatic hydroxyl groups is 1. The van der Waals surface area contributed by atoms with Crippen LogP contribution < -0.4 is 0 Å². The Morgan fingerprint density at radius 2 is 2.06 bits per heavy atom. The zero-order chi connectivity index (χ0) is 13.2. The SMILES string of the molecule is Cc1ccc(Br)cc1C(=O)N(C)CC(C)(C)O. The van der Waals surface area contributed by atoms with Crippen LogP contribution in [0.2, 0.25) is 0 Å². The van der Waals surface area contributed by atoms with E-state index >= 15 is 0 Å². The molecule has 0 spiro atoms. The minimum atomic E-state index is -0.885. The number of amides is 1. The first-order chi connectivity index (χ1) is 7.70. The highest BCUT2D eigenvalue weighted by Crippen LogP contribution is 2.18. The van der Waals surface area contributed by atoms with Crippen molar-refractivity contribution in [2.45, 2.75) is 26.4 Å². The van der Waals surface area contributed by atoms with Crippen molar-refractivity contribution in [3.8, 4) is 0 Å². The van der Waals surface area contributed by atoms with Crippen LogP contribution in [-0.2, 0) is 0 Å². The number of benzene rings is 1. The number of nitrogens with zero attached hydrogens (tertiary/aromatic N) is 1. The standard InChI is InChI=1S/C13H18BrNO2/c1-9-5-6-10(14)7-11(9)12(16)15(4)8-13(2,3)17/h5-7,17H,8H2,1-4H3. The zero-order valence-electron chi connectivity index (χ0n) is 10.6. The first kappa shape index (κ1) is 14.2. The highest BCUT2D eigenvalue weighted by atomic mass is 79.9. The Kier molecular flexibility index (Phi) is 4.33. The molecule has 0 radical (unpaired) electrons. The van der Waals surface area contributed by atoms with Crippen molar-refractivity contribution in [3.05, 3.63) is 33.8 Å². The van der Waals surface area contributed by atoms with Crippen LogP contribution >= 0.6 is 15.9 Å². The number of likely N-dealkylation sites (N-methyl/N-ethyl adjacent to an activating group) is 1. The summed E-state index contributed by atoms with van der Waals surface area (Å²) in [5, 5.41) is 9.70. The lowest BCUT2D eigenvalue weighted by atomic mass is 10.1. The first-order valence-electron chi connectivity index (χ1n) is 5.45. The lowest BCUT2D eigenvalue weighted by molar-refractivity contribution is 0.0367. The van der Waals surface area contributed by atoms with E-state index in [-0.39, 0.29) is 5.91 Å². The molecule has 0 saturated heterocycles. The second-order valence-corrected chi connectivity index (χ2v) is 5.85. The van der Waals surface area contributed by atoms with Gasteiger partial charge in [0.15, 0.2) is 0 Å². The summed E-state index contributed by atoms with van der Waals surface area (Å²) in [6.07, 6.45) is 0. The van der Waals surface area contributed by atoms with Gasteiger partial charge in [0.25, 0.3) is 5.91 Å². The number of hydrogen-bond acceptors (Lipinski definition) is 2. The molecule has 0 heterocycles. The average Bonchev–Trinajstić information content (AvgIpc) is 2.18. The molecule has 1 N–H and O–H groups in total. The van der Waals surface area contributed by atoms with E-state index in [1.165, 1.54) is 4.90 Å². The molecule has 1 aromatic rings. The average molecular weight is 300 g/mol. The van der Waals surface area contributed by atoms with Crippen LogP contribution in [0.3, 0.4) is 0 Å².